The lowest BCUT2D eigenvalue weighted by atomic mass is 9.88. The summed E-state index contributed by atoms with van der Waals surface area (Å²) >= 11 is 5.53. The van der Waals surface area contributed by atoms with Crippen LogP contribution in [0.25, 0.3) is 5.69 Å². The number of aromatic nitrogens is 2. The first kappa shape index (κ1) is 22.6. The van der Waals surface area contributed by atoms with Gasteiger partial charge in [-0.3, -0.25) is 9.48 Å². The highest BCUT2D eigenvalue weighted by atomic mass is 32.1. The number of nitrogens with zero attached hydrogens (tertiary/aromatic N) is 2. The Morgan fingerprint density at radius 3 is 1.94 bits per heavy atom. The van der Waals surface area contributed by atoms with E-state index >= 15 is 0 Å². The lowest BCUT2D eigenvalue weighted by Crippen LogP contribution is -2.32. The molecular formula is C27H28N4OS. The zero-order chi connectivity index (χ0) is 23.2. The summed E-state index contributed by atoms with van der Waals surface area (Å²) < 4.78 is 3.48. The molecule has 0 fully saturated rings. The maximum atomic E-state index is 13.1. The van der Waals surface area contributed by atoms with Gasteiger partial charge < -0.3 is 10.6 Å². The fraction of sp³-hybridized carbons (Fsp3) is 0.185. The molecule has 0 saturated heterocycles. The topological polar surface area (TPSA) is 51.0 Å². The summed E-state index contributed by atoms with van der Waals surface area (Å²) in [6.45, 7) is 2.59. The number of benzene rings is 3. The van der Waals surface area contributed by atoms with Crippen molar-refractivity contribution in [1.29, 1.82) is 0 Å². The molecule has 0 aliphatic carbocycles. The molecule has 1 heterocycles. The van der Waals surface area contributed by atoms with Crippen LogP contribution >= 0.6 is 12.2 Å². The second-order valence-electron chi connectivity index (χ2n) is 7.98. The fourth-order valence-electron chi connectivity index (χ4n) is 4.10. The highest BCUT2D eigenvalue weighted by Crippen LogP contribution is 2.27. The van der Waals surface area contributed by atoms with Crippen LogP contribution in [0.2, 0.25) is 0 Å². The van der Waals surface area contributed by atoms with Gasteiger partial charge in [-0.1, -0.05) is 78.9 Å². The third-order valence-electron chi connectivity index (χ3n) is 5.92. The number of hydrogen-bond donors (Lipinski definition) is 2. The number of nitrogens with one attached hydrogen (secondary N) is 2. The van der Waals surface area contributed by atoms with Crippen LogP contribution in [-0.2, 0) is 7.05 Å². The molecule has 5 nitrogen and oxygen atoms in total. The van der Waals surface area contributed by atoms with Crippen LogP contribution in [0.15, 0.2) is 95.8 Å². The molecule has 0 aliphatic heterocycles. The number of thiocarbonyl (C=S) groups is 1. The first-order valence-electron chi connectivity index (χ1n) is 11.0. The van der Waals surface area contributed by atoms with E-state index in [1.165, 1.54) is 11.1 Å². The van der Waals surface area contributed by atoms with E-state index in [4.69, 9.17) is 12.2 Å². The van der Waals surface area contributed by atoms with Gasteiger partial charge in [0.2, 0.25) is 0 Å². The van der Waals surface area contributed by atoms with Crippen molar-refractivity contribution in [3.63, 3.8) is 0 Å². The molecular weight excluding hydrogens is 428 g/mol. The molecule has 168 valence electrons. The van der Waals surface area contributed by atoms with Crippen LogP contribution in [0.4, 0.5) is 5.69 Å². The zero-order valence-corrected chi connectivity index (χ0v) is 19.7. The molecule has 0 radical (unpaired) electrons. The van der Waals surface area contributed by atoms with Crippen molar-refractivity contribution in [1.82, 2.24) is 14.7 Å². The average Bonchev–Trinajstić information content (AvgIpc) is 3.06. The van der Waals surface area contributed by atoms with Crippen molar-refractivity contribution >= 4 is 23.0 Å². The van der Waals surface area contributed by atoms with E-state index in [0.29, 0.717) is 17.3 Å². The number of hydrogen-bond acceptors (Lipinski definition) is 2. The second kappa shape index (κ2) is 10.3. The molecule has 0 atom stereocenters. The monoisotopic (exact) mass is 456 g/mol. The van der Waals surface area contributed by atoms with Gasteiger partial charge in [-0.05, 0) is 48.8 Å². The summed E-state index contributed by atoms with van der Waals surface area (Å²) in [5, 5.41) is 6.86. The molecule has 1 aromatic heterocycles. The second-order valence-corrected chi connectivity index (χ2v) is 8.39. The van der Waals surface area contributed by atoms with Crippen molar-refractivity contribution in [2.45, 2.75) is 19.3 Å². The smallest absolute Gasteiger partial charge is 0.295 e. The minimum absolute atomic E-state index is 0.128. The van der Waals surface area contributed by atoms with E-state index in [1.807, 2.05) is 61.1 Å². The summed E-state index contributed by atoms with van der Waals surface area (Å²) in [5.41, 5.74) is 4.54. The van der Waals surface area contributed by atoms with E-state index in [1.54, 1.807) is 4.68 Å². The summed E-state index contributed by atoms with van der Waals surface area (Å²) in [6.07, 6.45) is 0.873. The molecule has 33 heavy (non-hydrogen) atoms. The van der Waals surface area contributed by atoms with Crippen molar-refractivity contribution in [3.8, 4) is 5.69 Å². The lowest BCUT2D eigenvalue weighted by Gasteiger charge is -2.19. The Kier molecular flexibility index (Phi) is 7.05. The van der Waals surface area contributed by atoms with Crippen LogP contribution in [0.3, 0.4) is 0 Å². The van der Waals surface area contributed by atoms with Gasteiger partial charge in [0.05, 0.1) is 11.4 Å². The van der Waals surface area contributed by atoms with Crippen molar-refractivity contribution in [3.05, 3.63) is 118 Å². The Balaban J connectivity index is 1.45. The maximum absolute atomic E-state index is 13.1. The summed E-state index contributed by atoms with van der Waals surface area (Å²) in [5.74, 6) is 0.261. The Morgan fingerprint density at radius 1 is 0.879 bits per heavy atom. The summed E-state index contributed by atoms with van der Waals surface area (Å²) in [4.78, 5) is 13.1. The van der Waals surface area contributed by atoms with E-state index in [0.717, 1.165) is 17.8 Å². The van der Waals surface area contributed by atoms with E-state index in [9.17, 15) is 4.79 Å². The predicted molar refractivity (Wildman–Crippen MR) is 139 cm³/mol. The van der Waals surface area contributed by atoms with Crippen molar-refractivity contribution < 1.29 is 0 Å². The predicted octanol–water partition coefficient (Wildman–Crippen LogP) is 4.99. The SMILES string of the molecule is Cc1c(NC(=S)NCCC(c2ccccc2)c2ccccc2)c(=O)n(-c2ccccc2)n1C. The normalized spacial score (nSPS) is 10.9. The Hall–Kier alpha value is -3.64. The molecule has 4 rings (SSSR count). The van der Waals surface area contributed by atoms with Crippen LogP contribution in [0.5, 0.6) is 0 Å². The number of rotatable bonds is 7. The standard InChI is InChI=1S/C27H28N4OS/c1-20-25(26(32)31(30(20)2)23-16-10-5-11-17-23)29-27(33)28-19-18-24(21-12-6-3-7-13-21)22-14-8-4-9-15-22/h3-17,24H,18-19H2,1-2H3,(H2,28,29,33). The first-order valence-corrected chi connectivity index (χ1v) is 11.5. The molecule has 0 unspecified atom stereocenters. The highest BCUT2D eigenvalue weighted by molar-refractivity contribution is 7.80. The maximum Gasteiger partial charge on any atom is 0.295 e. The van der Waals surface area contributed by atoms with Crippen LogP contribution in [0.1, 0.15) is 29.2 Å². The van der Waals surface area contributed by atoms with Gasteiger partial charge in [-0.15, -0.1) is 0 Å². The van der Waals surface area contributed by atoms with Gasteiger partial charge in [-0.25, -0.2) is 4.68 Å². The largest absolute Gasteiger partial charge is 0.362 e. The molecule has 0 amide bonds. The molecule has 0 aliphatic rings. The Bertz CT molecular complexity index is 1220. The van der Waals surface area contributed by atoms with Gasteiger partial charge in [0, 0.05) is 19.5 Å². The van der Waals surface area contributed by atoms with Gasteiger partial charge in [0.25, 0.3) is 5.56 Å². The lowest BCUT2D eigenvalue weighted by molar-refractivity contribution is 0.630. The van der Waals surface area contributed by atoms with E-state index < -0.39 is 0 Å². The molecule has 4 aromatic rings. The zero-order valence-electron chi connectivity index (χ0n) is 18.9. The Labute approximate surface area is 199 Å². The van der Waals surface area contributed by atoms with Gasteiger partial charge in [0.15, 0.2) is 5.11 Å². The minimum atomic E-state index is -0.128. The number of para-hydroxylation sites is 1. The van der Waals surface area contributed by atoms with Crippen LogP contribution in [-0.4, -0.2) is 21.0 Å². The summed E-state index contributed by atoms with van der Waals surface area (Å²) in [7, 11) is 1.87. The van der Waals surface area contributed by atoms with Crippen LogP contribution < -0.4 is 16.2 Å². The quantitative estimate of drug-likeness (QED) is 0.385. The number of anilines is 1. The molecule has 3 aromatic carbocycles. The van der Waals surface area contributed by atoms with Crippen molar-refractivity contribution in [2.75, 3.05) is 11.9 Å². The van der Waals surface area contributed by atoms with Gasteiger partial charge >= 0.3 is 0 Å². The van der Waals surface area contributed by atoms with E-state index in [-0.39, 0.29) is 11.5 Å². The molecule has 0 spiro atoms. The van der Waals surface area contributed by atoms with E-state index in [2.05, 4.69) is 59.2 Å². The van der Waals surface area contributed by atoms with Gasteiger partial charge in [0.1, 0.15) is 5.69 Å². The van der Waals surface area contributed by atoms with Crippen molar-refractivity contribution in [2.24, 2.45) is 7.05 Å². The fourth-order valence-corrected chi connectivity index (χ4v) is 4.30. The third-order valence-corrected chi connectivity index (χ3v) is 6.16. The highest BCUT2D eigenvalue weighted by Gasteiger charge is 2.18. The minimum Gasteiger partial charge on any atom is -0.362 e. The molecule has 6 heteroatoms. The van der Waals surface area contributed by atoms with Gasteiger partial charge in [-0.2, -0.15) is 0 Å². The van der Waals surface area contributed by atoms with Crippen LogP contribution in [0, 0.1) is 6.92 Å². The Morgan fingerprint density at radius 2 is 1.39 bits per heavy atom. The first-order chi connectivity index (χ1) is 16.1. The third kappa shape index (κ3) is 5.07. The average molecular weight is 457 g/mol. The molecule has 0 saturated carbocycles. The summed E-state index contributed by atoms with van der Waals surface area (Å²) in [6, 6.07) is 30.6. The molecule has 0 bridgehead atoms. The molecule has 2 N–H and O–H groups in total.